The molecular weight excluding hydrogens is 226 g/mol. The first-order valence-electron chi connectivity index (χ1n) is 5.67. The van der Waals surface area contributed by atoms with E-state index in [-0.39, 0.29) is 0 Å². The number of benzene rings is 1. The molecular formula is C13H15N5. The minimum atomic E-state index is 0.480. The Morgan fingerprint density at radius 3 is 2.94 bits per heavy atom. The molecule has 0 saturated heterocycles. The predicted molar refractivity (Wildman–Crippen MR) is 73.0 cm³/mol. The molecule has 92 valence electrons. The van der Waals surface area contributed by atoms with Crippen LogP contribution in [-0.4, -0.2) is 21.7 Å². The predicted octanol–water partition coefficient (Wildman–Crippen LogP) is 2.52. The second kappa shape index (κ2) is 5.77. The molecule has 2 aromatic rings. The number of hydrogen-bond acceptors (Lipinski definition) is 5. The van der Waals surface area contributed by atoms with Gasteiger partial charge in [-0.15, -0.1) is 11.7 Å². The van der Waals surface area contributed by atoms with E-state index in [4.69, 9.17) is 0 Å². The van der Waals surface area contributed by atoms with Gasteiger partial charge in [0.25, 0.3) is 0 Å². The summed E-state index contributed by atoms with van der Waals surface area (Å²) in [4.78, 5) is 4.30. The molecule has 1 aromatic heterocycles. The molecule has 0 bridgehead atoms. The van der Waals surface area contributed by atoms with Crippen LogP contribution in [-0.2, 0) is 0 Å². The number of para-hydroxylation sites is 1. The fourth-order valence-electron chi connectivity index (χ4n) is 1.45. The van der Waals surface area contributed by atoms with Gasteiger partial charge in [0, 0.05) is 12.2 Å². The van der Waals surface area contributed by atoms with Crippen LogP contribution in [0.5, 0.6) is 0 Å². The molecule has 0 aliphatic rings. The van der Waals surface area contributed by atoms with Crippen LogP contribution in [0.4, 0.5) is 17.5 Å². The highest BCUT2D eigenvalue weighted by atomic mass is 15.3. The number of anilines is 3. The van der Waals surface area contributed by atoms with Crippen molar-refractivity contribution in [3.05, 3.63) is 48.7 Å². The third kappa shape index (κ3) is 3.04. The van der Waals surface area contributed by atoms with E-state index in [1.54, 1.807) is 12.3 Å². The Kier molecular flexibility index (Phi) is 3.86. The van der Waals surface area contributed by atoms with Crippen LogP contribution in [0, 0.1) is 6.92 Å². The van der Waals surface area contributed by atoms with Crippen molar-refractivity contribution < 1.29 is 0 Å². The van der Waals surface area contributed by atoms with Crippen LogP contribution < -0.4 is 10.6 Å². The van der Waals surface area contributed by atoms with Crippen LogP contribution in [0.25, 0.3) is 0 Å². The molecule has 1 heterocycles. The van der Waals surface area contributed by atoms with E-state index in [0.29, 0.717) is 18.3 Å². The summed E-state index contributed by atoms with van der Waals surface area (Å²) in [5.74, 6) is 1.14. The van der Waals surface area contributed by atoms with E-state index >= 15 is 0 Å². The Morgan fingerprint density at radius 2 is 2.17 bits per heavy atom. The third-order valence-corrected chi connectivity index (χ3v) is 2.37. The second-order valence-electron chi connectivity index (χ2n) is 3.77. The molecule has 2 N–H and O–H groups in total. The number of aryl methyl sites for hydroxylation is 1. The van der Waals surface area contributed by atoms with Crippen LogP contribution in [0.3, 0.4) is 0 Å². The quantitative estimate of drug-likeness (QED) is 0.787. The Bertz CT molecular complexity index is 538. The first-order valence-corrected chi connectivity index (χ1v) is 5.67. The zero-order valence-corrected chi connectivity index (χ0v) is 10.2. The molecule has 5 nitrogen and oxygen atoms in total. The lowest BCUT2D eigenvalue weighted by atomic mass is 10.2. The minimum Gasteiger partial charge on any atom is -0.349 e. The maximum absolute atomic E-state index is 4.30. The van der Waals surface area contributed by atoms with Crippen molar-refractivity contribution in [3.63, 3.8) is 0 Å². The van der Waals surface area contributed by atoms with E-state index in [1.807, 2.05) is 31.2 Å². The van der Waals surface area contributed by atoms with Gasteiger partial charge in [0.2, 0.25) is 5.95 Å². The van der Waals surface area contributed by atoms with Gasteiger partial charge >= 0.3 is 0 Å². The maximum Gasteiger partial charge on any atom is 0.244 e. The highest BCUT2D eigenvalue weighted by Crippen LogP contribution is 2.18. The SMILES string of the molecule is C=CCNc1nncc(Nc2ccccc2C)n1. The smallest absolute Gasteiger partial charge is 0.244 e. The molecule has 0 aliphatic heterocycles. The fraction of sp³-hybridized carbons (Fsp3) is 0.154. The average Bonchev–Trinajstić information content (AvgIpc) is 2.40. The molecule has 1 aromatic carbocycles. The van der Waals surface area contributed by atoms with Crippen molar-refractivity contribution >= 4 is 17.5 Å². The number of rotatable bonds is 5. The second-order valence-corrected chi connectivity index (χ2v) is 3.77. The van der Waals surface area contributed by atoms with Gasteiger partial charge in [0.05, 0.1) is 6.20 Å². The Morgan fingerprint density at radius 1 is 1.33 bits per heavy atom. The Labute approximate surface area is 106 Å². The zero-order chi connectivity index (χ0) is 12.8. The van der Waals surface area contributed by atoms with Crippen LogP contribution in [0.1, 0.15) is 5.56 Å². The summed E-state index contributed by atoms with van der Waals surface area (Å²) < 4.78 is 0. The molecule has 0 unspecified atom stereocenters. The number of nitrogens with one attached hydrogen (secondary N) is 2. The molecule has 0 radical (unpaired) electrons. The Balaban J connectivity index is 2.14. The lowest BCUT2D eigenvalue weighted by Crippen LogP contribution is -2.06. The average molecular weight is 241 g/mol. The van der Waals surface area contributed by atoms with Gasteiger partial charge in [-0.2, -0.15) is 10.1 Å². The van der Waals surface area contributed by atoms with Gasteiger partial charge in [-0.3, -0.25) is 0 Å². The molecule has 0 fully saturated rings. The minimum absolute atomic E-state index is 0.480. The standard InChI is InChI=1S/C13H15N5/c1-3-8-14-13-17-12(9-15-18-13)16-11-7-5-4-6-10(11)2/h3-7,9H,1,8H2,2H3,(H2,14,16,17,18). The van der Waals surface area contributed by atoms with Crippen molar-refractivity contribution in [3.8, 4) is 0 Å². The summed E-state index contributed by atoms with van der Waals surface area (Å²) in [5.41, 5.74) is 2.16. The monoisotopic (exact) mass is 241 g/mol. The van der Waals surface area contributed by atoms with E-state index in [0.717, 1.165) is 11.3 Å². The van der Waals surface area contributed by atoms with Crippen molar-refractivity contribution in [2.75, 3.05) is 17.2 Å². The molecule has 18 heavy (non-hydrogen) atoms. The van der Waals surface area contributed by atoms with Crippen molar-refractivity contribution in [2.45, 2.75) is 6.92 Å². The molecule has 0 spiro atoms. The van der Waals surface area contributed by atoms with Crippen molar-refractivity contribution in [2.24, 2.45) is 0 Å². The summed E-state index contributed by atoms with van der Waals surface area (Å²) in [6.45, 7) is 6.27. The van der Waals surface area contributed by atoms with E-state index < -0.39 is 0 Å². The van der Waals surface area contributed by atoms with Gasteiger partial charge in [-0.1, -0.05) is 24.3 Å². The summed E-state index contributed by atoms with van der Waals surface area (Å²) in [5, 5.41) is 14.0. The molecule has 0 saturated carbocycles. The summed E-state index contributed by atoms with van der Waals surface area (Å²) in [7, 11) is 0. The van der Waals surface area contributed by atoms with E-state index in [9.17, 15) is 0 Å². The number of hydrogen-bond donors (Lipinski definition) is 2. The zero-order valence-electron chi connectivity index (χ0n) is 10.2. The van der Waals surface area contributed by atoms with Gasteiger partial charge in [0.15, 0.2) is 5.82 Å². The van der Waals surface area contributed by atoms with Gasteiger partial charge in [0.1, 0.15) is 0 Å². The van der Waals surface area contributed by atoms with Gasteiger partial charge in [-0.05, 0) is 18.6 Å². The first-order chi connectivity index (χ1) is 8.79. The van der Waals surface area contributed by atoms with E-state index in [2.05, 4.69) is 32.4 Å². The summed E-state index contributed by atoms with van der Waals surface area (Å²) >= 11 is 0. The lowest BCUT2D eigenvalue weighted by molar-refractivity contribution is 0.967. The fourth-order valence-corrected chi connectivity index (χ4v) is 1.45. The van der Waals surface area contributed by atoms with Crippen LogP contribution in [0.2, 0.25) is 0 Å². The third-order valence-electron chi connectivity index (χ3n) is 2.37. The summed E-state index contributed by atoms with van der Waals surface area (Å²) in [6, 6.07) is 8.00. The lowest BCUT2D eigenvalue weighted by Gasteiger charge is -2.08. The van der Waals surface area contributed by atoms with Gasteiger partial charge < -0.3 is 10.6 Å². The summed E-state index contributed by atoms with van der Waals surface area (Å²) in [6.07, 6.45) is 3.33. The number of aromatic nitrogens is 3. The molecule has 0 atom stereocenters. The highest BCUT2D eigenvalue weighted by molar-refractivity contribution is 5.59. The van der Waals surface area contributed by atoms with Gasteiger partial charge in [-0.25, -0.2) is 0 Å². The van der Waals surface area contributed by atoms with Crippen LogP contribution >= 0.6 is 0 Å². The molecule has 2 rings (SSSR count). The highest BCUT2D eigenvalue weighted by Gasteiger charge is 2.01. The topological polar surface area (TPSA) is 62.7 Å². The number of nitrogens with zero attached hydrogens (tertiary/aromatic N) is 3. The largest absolute Gasteiger partial charge is 0.349 e. The molecule has 0 aliphatic carbocycles. The van der Waals surface area contributed by atoms with Crippen LogP contribution in [0.15, 0.2) is 43.1 Å². The maximum atomic E-state index is 4.30. The first kappa shape index (κ1) is 12.0. The molecule has 5 heteroatoms. The van der Waals surface area contributed by atoms with E-state index in [1.165, 1.54) is 0 Å². The Hall–Kier alpha value is -2.43. The molecule has 0 amide bonds. The van der Waals surface area contributed by atoms with Crippen molar-refractivity contribution in [1.82, 2.24) is 15.2 Å². The van der Waals surface area contributed by atoms with Crippen molar-refractivity contribution in [1.29, 1.82) is 0 Å². The normalized spacial score (nSPS) is 9.83.